The number of unbranched alkanes of at least 4 members (excludes halogenated alkanes) is 1. The number of alkyl carbamates (subject to hydrolysis) is 1. The van der Waals surface area contributed by atoms with Gasteiger partial charge in [-0.15, -0.1) is 0 Å². The summed E-state index contributed by atoms with van der Waals surface area (Å²) in [6.45, 7) is 0.571. The molecule has 3 N–H and O–H groups in total. The predicted molar refractivity (Wildman–Crippen MR) is 129 cm³/mol. The molecule has 0 bridgehead atoms. The second-order valence-corrected chi connectivity index (χ2v) is 8.29. The van der Waals surface area contributed by atoms with Crippen LogP contribution in [0, 0.1) is 5.82 Å². The molecule has 3 aromatic carbocycles. The maximum Gasteiger partial charge on any atom is 0.407 e. The lowest BCUT2D eigenvalue weighted by Gasteiger charge is -2.14. The summed E-state index contributed by atoms with van der Waals surface area (Å²) in [5.74, 6) is -2.40. The first-order chi connectivity index (χ1) is 16.9. The number of halogens is 1. The van der Waals surface area contributed by atoms with Crippen molar-refractivity contribution in [2.24, 2.45) is 0 Å². The SMILES string of the molecule is O=C(CCCCNC(=O)OCC1c2ccccc2-c2ccccc21)Nc1cc(F)cc(C(=O)O)c1. The van der Waals surface area contributed by atoms with E-state index < -0.39 is 17.9 Å². The number of carboxylic acids is 1. The fraction of sp³-hybridized carbons (Fsp3) is 0.222. The summed E-state index contributed by atoms with van der Waals surface area (Å²) in [5.41, 5.74) is 4.44. The molecule has 0 radical (unpaired) electrons. The number of carbonyl (C=O) groups excluding carboxylic acids is 2. The largest absolute Gasteiger partial charge is 0.478 e. The Kier molecular flexibility index (Phi) is 7.40. The number of nitrogens with one attached hydrogen (secondary N) is 2. The zero-order valence-corrected chi connectivity index (χ0v) is 18.9. The van der Waals surface area contributed by atoms with Crippen molar-refractivity contribution < 1.29 is 28.6 Å². The van der Waals surface area contributed by atoms with E-state index in [4.69, 9.17) is 9.84 Å². The molecule has 0 unspecified atom stereocenters. The van der Waals surface area contributed by atoms with Crippen LogP contribution in [0.25, 0.3) is 11.1 Å². The average Bonchev–Trinajstić information content (AvgIpc) is 3.16. The molecule has 3 aromatic rings. The van der Waals surface area contributed by atoms with Crippen molar-refractivity contribution in [3.63, 3.8) is 0 Å². The number of anilines is 1. The van der Waals surface area contributed by atoms with E-state index in [1.54, 1.807) is 0 Å². The highest BCUT2D eigenvalue weighted by molar-refractivity contribution is 5.93. The van der Waals surface area contributed by atoms with Crippen LogP contribution in [0.15, 0.2) is 66.7 Å². The van der Waals surface area contributed by atoms with Gasteiger partial charge in [0.05, 0.1) is 5.56 Å². The first-order valence-corrected chi connectivity index (χ1v) is 11.3. The molecule has 0 aliphatic heterocycles. The maximum absolute atomic E-state index is 13.5. The molecule has 0 spiro atoms. The molecule has 0 atom stereocenters. The highest BCUT2D eigenvalue weighted by Crippen LogP contribution is 2.44. The van der Waals surface area contributed by atoms with E-state index in [0.29, 0.717) is 19.4 Å². The average molecular weight is 477 g/mol. The molecule has 0 saturated heterocycles. The Bertz CT molecular complexity index is 1210. The number of amides is 2. The molecule has 1 aliphatic carbocycles. The Labute approximate surface area is 201 Å². The molecule has 0 aromatic heterocycles. The topological polar surface area (TPSA) is 105 Å². The van der Waals surface area contributed by atoms with Gasteiger partial charge in [0.15, 0.2) is 0 Å². The molecule has 4 rings (SSSR count). The van der Waals surface area contributed by atoms with Crippen molar-refractivity contribution in [3.8, 4) is 11.1 Å². The fourth-order valence-corrected chi connectivity index (χ4v) is 4.26. The van der Waals surface area contributed by atoms with Crippen LogP contribution in [0.2, 0.25) is 0 Å². The van der Waals surface area contributed by atoms with Crippen molar-refractivity contribution in [2.75, 3.05) is 18.5 Å². The molecule has 0 fully saturated rings. The lowest BCUT2D eigenvalue weighted by Crippen LogP contribution is -2.27. The number of ether oxygens (including phenoxy) is 1. The zero-order chi connectivity index (χ0) is 24.8. The van der Waals surface area contributed by atoms with Gasteiger partial charge in [-0.2, -0.15) is 0 Å². The Morgan fingerprint density at radius 3 is 2.23 bits per heavy atom. The van der Waals surface area contributed by atoms with Gasteiger partial charge in [0.1, 0.15) is 12.4 Å². The van der Waals surface area contributed by atoms with Crippen LogP contribution in [0.1, 0.15) is 46.7 Å². The van der Waals surface area contributed by atoms with Crippen LogP contribution in [0.3, 0.4) is 0 Å². The summed E-state index contributed by atoms with van der Waals surface area (Å²) < 4.78 is 19.0. The first kappa shape index (κ1) is 23.9. The fourth-order valence-electron chi connectivity index (χ4n) is 4.26. The van der Waals surface area contributed by atoms with Gasteiger partial charge in [-0.25, -0.2) is 14.0 Å². The third-order valence-electron chi connectivity index (χ3n) is 5.87. The van der Waals surface area contributed by atoms with E-state index in [9.17, 15) is 18.8 Å². The minimum atomic E-state index is -1.28. The van der Waals surface area contributed by atoms with Crippen LogP contribution in [0.4, 0.5) is 14.9 Å². The summed E-state index contributed by atoms with van der Waals surface area (Å²) in [6.07, 6.45) is 0.653. The van der Waals surface area contributed by atoms with Gasteiger partial charge in [0, 0.05) is 24.6 Å². The summed E-state index contributed by atoms with van der Waals surface area (Å²) in [6, 6.07) is 19.3. The van der Waals surface area contributed by atoms with Crippen molar-refractivity contribution in [3.05, 3.63) is 89.2 Å². The van der Waals surface area contributed by atoms with E-state index in [1.165, 1.54) is 6.07 Å². The second-order valence-electron chi connectivity index (χ2n) is 8.29. The number of hydrogen-bond acceptors (Lipinski definition) is 4. The van der Waals surface area contributed by atoms with Gasteiger partial charge in [0.2, 0.25) is 5.91 Å². The van der Waals surface area contributed by atoms with Gasteiger partial charge >= 0.3 is 12.1 Å². The van der Waals surface area contributed by atoms with Crippen LogP contribution in [0.5, 0.6) is 0 Å². The van der Waals surface area contributed by atoms with Crippen LogP contribution >= 0.6 is 0 Å². The van der Waals surface area contributed by atoms with Crippen molar-refractivity contribution in [2.45, 2.75) is 25.2 Å². The molecule has 1 aliphatic rings. The third-order valence-corrected chi connectivity index (χ3v) is 5.87. The molecule has 0 heterocycles. The quantitative estimate of drug-likeness (QED) is 0.370. The lowest BCUT2D eigenvalue weighted by molar-refractivity contribution is -0.116. The summed E-state index contributed by atoms with van der Waals surface area (Å²) in [5, 5.41) is 14.2. The Morgan fingerprint density at radius 2 is 1.57 bits per heavy atom. The first-order valence-electron chi connectivity index (χ1n) is 11.3. The van der Waals surface area contributed by atoms with Crippen molar-refractivity contribution in [1.82, 2.24) is 5.32 Å². The zero-order valence-electron chi connectivity index (χ0n) is 18.9. The maximum atomic E-state index is 13.5. The molecule has 2 amide bonds. The van der Waals surface area contributed by atoms with Crippen LogP contribution in [-0.4, -0.2) is 36.2 Å². The van der Waals surface area contributed by atoms with Gasteiger partial charge in [-0.1, -0.05) is 48.5 Å². The number of aromatic carboxylic acids is 1. The standard InChI is InChI=1S/C27H25FN2O5/c28-18-13-17(26(32)33)14-19(15-18)30-25(31)11-5-6-12-29-27(34)35-16-24-22-9-3-1-7-20(22)21-8-2-4-10-23(21)24/h1-4,7-10,13-15,24H,5-6,11-12,16H2,(H,29,34)(H,30,31)(H,32,33). The van der Waals surface area contributed by atoms with E-state index in [0.717, 1.165) is 34.4 Å². The number of rotatable bonds is 9. The number of carbonyl (C=O) groups is 3. The van der Waals surface area contributed by atoms with E-state index in [-0.39, 0.29) is 36.1 Å². The van der Waals surface area contributed by atoms with Gasteiger partial charge in [0.25, 0.3) is 0 Å². The van der Waals surface area contributed by atoms with Crippen LogP contribution in [-0.2, 0) is 9.53 Å². The molecule has 180 valence electrons. The van der Waals surface area contributed by atoms with Gasteiger partial charge in [-0.05, 0) is 53.3 Å². The minimum Gasteiger partial charge on any atom is -0.478 e. The number of benzene rings is 3. The molecule has 8 heteroatoms. The highest BCUT2D eigenvalue weighted by atomic mass is 19.1. The predicted octanol–water partition coefficient (Wildman–Crippen LogP) is 5.17. The van der Waals surface area contributed by atoms with Crippen LogP contribution < -0.4 is 10.6 Å². The van der Waals surface area contributed by atoms with E-state index >= 15 is 0 Å². The molecule has 35 heavy (non-hydrogen) atoms. The highest BCUT2D eigenvalue weighted by Gasteiger charge is 2.28. The summed E-state index contributed by atoms with van der Waals surface area (Å²) in [4.78, 5) is 35.2. The molecule has 0 saturated carbocycles. The Balaban J connectivity index is 1.18. The normalized spacial score (nSPS) is 11.9. The summed E-state index contributed by atoms with van der Waals surface area (Å²) >= 11 is 0. The van der Waals surface area contributed by atoms with Crippen molar-refractivity contribution >= 4 is 23.7 Å². The molecular formula is C27H25FN2O5. The monoisotopic (exact) mass is 476 g/mol. The number of carboxylic acid groups (broad SMARTS) is 1. The smallest absolute Gasteiger partial charge is 0.407 e. The van der Waals surface area contributed by atoms with Gasteiger partial charge < -0.3 is 20.5 Å². The second kappa shape index (κ2) is 10.8. The molecular weight excluding hydrogens is 451 g/mol. The van der Waals surface area contributed by atoms with Gasteiger partial charge in [-0.3, -0.25) is 4.79 Å². The summed E-state index contributed by atoms with van der Waals surface area (Å²) in [7, 11) is 0. The number of fused-ring (bicyclic) bond motifs is 3. The lowest BCUT2D eigenvalue weighted by atomic mass is 9.98. The van der Waals surface area contributed by atoms with E-state index in [1.807, 2.05) is 24.3 Å². The number of hydrogen-bond donors (Lipinski definition) is 3. The molecule has 7 nitrogen and oxygen atoms in total. The van der Waals surface area contributed by atoms with E-state index in [2.05, 4.69) is 34.9 Å². The Morgan fingerprint density at radius 1 is 0.914 bits per heavy atom. The minimum absolute atomic E-state index is 0.0127. The van der Waals surface area contributed by atoms with Crippen molar-refractivity contribution in [1.29, 1.82) is 0 Å². The Hall–Kier alpha value is -4.20. The third kappa shape index (κ3) is 5.84.